The van der Waals surface area contributed by atoms with Gasteiger partial charge in [0, 0.05) is 5.69 Å². The molecule has 2 aromatic carbocycles. The fourth-order valence-electron chi connectivity index (χ4n) is 1.94. The summed E-state index contributed by atoms with van der Waals surface area (Å²) in [6.07, 6.45) is 0.262. The first-order valence-corrected chi connectivity index (χ1v) is 6.44. The van der Waals surface area contributed by atoms with Crippen molar-refractivity contribution in [2.75, 3.05) is 5.32 Å². The van der Waals surface area contributed by atoms with Gasteiger partial charge in [-0.2, -0.15) is 0 Å². The Morgan fingerprint density at radius 1 is 1.00 bits per heavy atom. The third-order valence-corrected chi connectivity index (χ3v) is 2.87. The number of hydrogen-bond donors (Lipinski definition) is 2. The van der Waals surface area contributed by atoms with Crippen LogP contribution in [0, 0.1) is 5.82 Å². The summed E-state index contributed by atoms with van der Waals surface area (Å²) in [7, 11) is 0. The number of carbonyl (C=O) groups excluding carboxylic acids is 2. The van der Waals surface area contributed by atoms with Crippen LogP contribution in [0.4, 0.5) is 10.1 Å². The van der Waals surface area contributed by atoms with E-state index in [0.717, 1.165) is 5.56 Å². The van der Waals surface area contributed by atoms with Crippen molar-refractivity contribution in [3.05, 3.63) is 65.5 Å². The Morgan fingerprint density at radius 2 is 1.71 bits per heavy atom. The molecule has 0 fully saturated rings. The molecule has 0 aliphatic carbocycles. The molecule has 0 radical (unpaired) electrons. The first-order chi connectivity index (χ1) is 10.0. The smallest absolute Gasteiger partial charge is 0.228 e. The van der Waals surface area contributed by atoms with Gasteiger partial charge in [0.2, 0.25) is 11.8 Å². The van der Waals surface area contributed by atoms with Crippen molar-refractivity contribution in [2.24, 2.45) is 5.73 Å². The third-order valence-electron chi connectivity index (χ3n) is 2.87. The molecular weight excluding hydrogens is 271 g/mol. The van der Waals surface area contributed by atoms with Gasteiger partial charge < -0.3 is 11.1 Å². The van der Waals surface area contributed by atoms with Crippen LogP contribution in [0.1, 0.15) is 11.1 Å². The molecule has 0 aliphatic heterocycles. The lowest BCUT2D eigenvalue weighted by Gasteiger charge is -2.06. The van der Waals surface area contributed by atoms with Crippen molar-refractivity contribution >= 4 is 17.5 Å². The average Bonchev–Trinajstić information content (AvgIpc) is 2.40. The van der Waals surface area contributed by atoms with Crippen molar-refractivity contribution in [3.8, 4) is 0 Å². The molecule has 0 unspecified atom stereocenters. The Labute approximate surface area is 121 Å². The summed E-state index contributed by atoms with van der Waals surface area (Å²) in [5.41, 5.74) is 7.11. The number of anilines is 1. The number of nitrogens with two attached hydrogens (primary N) is 1. The summed E-state index contributed by atoms with van der Waals surface area (Å²) >= 11 is 0. The highest BCUT2D eigenvalue weighted by atomic mass is 19.1. The molecule has 0 saturated carbocycles. The molecule has 0 bridgehead atoms. The second-order valence-electron chi connectivity index (χ2n) is 4.69. The van der Waals surface area contributed by atoms with Crippen LogP contribution in [-0.4, -0.2) is 11.8 Å². The molecule has 0 spiro atoms. The van der Waals surface area contributed by atoms with Gasteiger partial charge in [-0.3, -0.25) is 9.59 Å². The monoisotopic (exact) mass is 286 g/mol. The maximum absolute atomic E-state index is 13.0. The van der Waals surface area contributed by atoms with E-state index in [-0.39, 0.29) is 24.6 Å². The molecule has 108 valence electrons. The largest absolute Gasteiger partial charge is 0.369 e. The van der Waals surface area contributed by atoms with Gasteiger partial charge in [-0.15, -0.1) is 0 Å². The molecule has 21 heavy (non-hydrogen) atoms. The van der Waals surface area contributed by atoms with Gasteiger partial charge in [-0.05, 0) is 35.4 Å². The summed E-state index contributed by atoms with van der Waals surface area (Å²) < 4.78 is 13.0. The third kappa shape index (κ3) is 4.72. The van der Waals surface area contributed by atoms with Crippen LogP contribution in [0.2, 0.25) is 0 Å². The van der Waals surface area contributed by atoms with E-state index in [0.29, 0.717) is 11.3 Å². The normalized spacial score (nSPS) is 10.1. The molecule has 0 aromatic heterocycles. The van der Waals surface area contributed by atoms with Crippen molar-refractivity contribution in [1.29, 1.82) is 0 Å². The topological polar surface area (TPSA) is 72.2 Å². The van der Waals surface area contributed by atoms with E-state index in [9.17, 15) is 14.0 Å². The van der Waals surface area contributed by atoms with Crippen LogP contribution in [0.3, 0.4) is 0 Å². The second-order valence-corrected chi connectivity index (χ2v) is 4.69. The highest BCUT2D eigenvalue weighted by Crippen LogP contribution is 2.11. The minimum atomic E-state index is -0.405. The van der Waals surface area contributed by atoms with E-state index in [1.807, 2.05) is 0 Å². The number of benzene rings is 2. The quantitative estimate of drug-likeness (QED) is 0.882. The first-order valence-electron chi connectivity index (χ1n) is 6.44. The zero-order valence-corrected chi connectivity index (χ0v) is 11.3. The van der Waals surface area contributed by atoms with Crippen LogP contribution in [0.15, 0.2) is 48.5 Å². The fraction of sp³-hybridized carbons (Fsp3) is 0.125. The van der Waals surface area contributed by atoms with Crippen LogP contribution in [0.5, 0.6) is 0 Å². The molecule has 2 rings (SSSR count). The Kier molecular flexibility index (Phi) is 4.66. The lowest BCUT2D eigenvalue weighted by atomic mass is 10.1. The van der Waals surface area contributed by atoms with Gasteiger partial charge in [0.15, 0.2) is 0 Å². The molecule has 3 N–H and O–H groups in total. The summed E-state index contributed by atoms with van der Waals surface area (Å²) in [5.74, 6) is -1.00. The van der Waals surface area contributed by atoms with E-state index in [1.54, 1.807) is 36.4 Å². The van der Waals surface area contributed by atoms with Crippen molar-refractivity contribution in [1.82, 2.24) is 0 Å². The summed E-state index contributed by atoms with van der Waals surface area (Å²) in [4.78, 5) is 22.6. The van der Waals surface area contributed by atoms with Gasteiger partial charge in [-0.25, -0.2) is 4.39 Å². The van der Waals surface area contributed by atoms with Crippen LogP contribution < -0.4 is 11.1 Å². The van der Waals surface area contributed by atoms with Crippen molar-refractivity contribution in [2.45, 2.75) is 12.8 Å². The standard InChI is InChI=1S/C16H15FN2O2/c17-13-3-1-2-12(8-13)10-16(21)19-14-6-4-11(5-7-14)9-15(18)20/h1-8H,9-10H2,(H2,18,20)(H,19,21). The van der Waals surface area contributed by atoms with Gasteiger partial charge in [0.05, 0.1) is 12.8 Å². The SMILES string of the molecule is NC(=O)Cc1ccc(NC(=O)Cc2cccc(F)c2)cc1. The fourth-order valence-corrected chi connectivity index (χ4v) is 1.94. The van der Waals surface area contributed by atoms with E-state index in [2.05, 4.69) is 5.32 Å². The minimum absolute atomic E-state index is 0.0980. The number of hydrogen-bond acceptors (Lipinski definition) is 2. The highest BCUT2D eigenvalue weighted by molar-refractivity contribution is 5.92. The second kappa shape index (κ2) is 6.65. The predicted octanol–water partition coefficient (Wildman–Crippen LogP) is 2.03. The first kappa shape index (κ1) is 14.7. The number of carbonyl (C=O) groups is 2. The zero-order chi connectivity index (χ0) is 15.2. The predicted molar refractivity (Wildman–Crippen MR) is 78.1 cm³/mol. The molecule has 2 amide bonds. The Balaban J connectivity index is 1.95. The van der Waals surface area contributed by atoms with Crippen molar-refractivity contribution < 1.29 is 14.0 Å². The minimum Gasteiger partial charge on any atom is -0.369 e. The van der Waals surface area contributed by atoms with Crippen LogP contribution >= 0.6 is 0 Å². The van der Waals surface area contributed by atoms with Crippen molar-refractivity contribution in [3.63, 3.8) is 0 Å². The zero-order valence-electron chi connectivity index (χ0n) is 11.3. The lowest BCUT2D eigenvalue weighted by Crippen LogP contribution is -2.15. The molecule has 0 heterocycles. The molecule has 0 saturated heterocycles. The van der Waals surface area contributed by atoms with Gasteiger partial charge in [0.1, 0.15) is 5.82 Å². The summed E-state index contributed by atoms with van der Waals surface area (Å²) in [6.45, 7) is 0. The van der Waals surface area contributed by atoms with Gasteiger partial charge in [-0.1, -0.05) is 24.3 Å². The number of primary amides is 1. The Bertz CT molecular complexity index is 654. The Hall–Kier alpha value is -2.69. The molecular formula is C16H15FN2O2. The van der Waals surface area contributed by atoms with E-state index in [1.165, 1.54) is 12.1 Å². The van der Waals surface area contributed by atoms with Gasteiger partial charge >= 0.3 is 0 Å². The van der Waals surface area contributed by atoms with E-state index >= 15 is 0 Å². The maximum Gasteiger partial charge on any atom is 0.228 e. The van der Waals surface area contributed by atoms with E-state index < -0.39 is 5.91 Å². The lowest BCUT2D eigenvalue weighted by molar-refractivity contribution is -0.117. The van der Waals surface area contributed by atoms with E-state index in [4.69, 9.17) is 5.73 Å². The van der Waals surface area contributed by atoms with Crippen LogP contribution in [-0.2, 0) is 22.4 Å². The molecule has 4 nitrogen and oxygen atoms in total. The molecule has 5 heteroatoms. The number of halogens is 1. The number of rotatable bonds is 5. The highest BCUT2D eigenvalue weighted by Gasteiger charge is 2.05. The Morgan fingerprint density at radius 3 is 2.33 bits per heavy atom. The molecule has 0 aliphatic rings. The molecule has 0 atom stereocenters. The maximum atomic E-state index is 13.0. The molecule has 2 aromatic rings. The van der Waals surface area contributed by atoms with Crippen LogP contribution in [0.25, 0.3) is 0 Å². The summed E-state index contributed by atoms with van der Waals surface area (Å²) in [6, 6.07) is 12.8. The number of nitrogens with one attached hydrogen (secondary N) is 1. The summed E-state index contributed by atoms with van der Waals surface area (Å²) in [5, 5.41) is 2.71. The average molecular weight is 286 g/mol. The number of amides is 2. The van der Waals surface area contributed by atoms with Gasteiger partial charge in [0.25, 0.3) is 0 Å².